The van der Waals surface area contributed by atoms with Crippen molar-refractivity contribution in [1.29, 1.82) is 0 Å². The summed E-state index contributed by atoms with van der Waals surface area (Å²) in [7, 11) is -3.89. The zero-order valence-electron chi connectivity index (χ0n) is 15.4. The fourth-order valence-electron chi connectivity index (χ4n) is 4.23. The molecule has 2 atom stereocenters. The van der Waals surface area contributed by atoms with Crippen LogP contribution in [0.3, 0.4) is 0 Å². The molecule has 0 spiro atoms. The van der Waals surface area contributed by atoms with Crippen molar-refractivity contribution in [1.82, 2.24) is 15.1 Å². The van der Waals surface area contributed by atoms with Gasteiger partial charge in [0.15, 0.2) is 5.60 Å². The van der Waals surface area contributed by atoms with Crippen molar-refractivity contribution in [2.45, 2.75) is 43.0 Å². The van der Waals surface area contributed by atoms with E-state index < -0.39 is 26.8 Å². The van der Waals surface area contributed by atoms with E-state index in [1.807, 2.05) is 12.1 Å². The zero-order chi connectivity index (χ0) is 19.7. The SMILES string of the molecule is Cc1ccccc1C1CCN(S(=O)(=O)C2CCNCC2(O)C(=O)NO)CC1. The molecule has 1 amide bonds. The minimum atomic E-state index is -3.89. The molecule has 0 radical (unpaired) electrons. The first-order valence-electron chi connectivity index (χ1n) is 9.23. The molecule has 0 bridgehead atoms. The molecule has 1 aromatic rings. The van der Waals surface area contributed by atoms with Gasteiger partial charge in [0.1, 0.15) is 5.25 Å². The molecular weight excluding hydrogens is 370 g/mol. The minimum Gasteiger partial charge on any atom is -0.377 e. The van der Waals surface area contributed by atoms with Crippen LogP contribution in [0, 0.1) is 6.92 Å². The Labute approximate surface area is 159 Å². The Kier molecular flexibility index (Phi) is 5.87. The molecule has 27 heavy (non-hydrogen) atoms. The highest BCUT2D eigenvalue weighted by atomic mass is 32.2. The van der Waals surface area contributed by atoms with Crippen molar-refractivity contribution in [2.24, 2.45) is 0 Å². The monoisotopic (exact) mass is 397 g/mol. The average Bonchev–Trinajstić information content (AvgIpc) is 2.68. The summed E-state index contributed by atoms with van der Waals surface area (Å²) < 4.78 is 27.7. The Balaban J connectivity index is 1.76. The van der Waals surface area contributed by atoms with Gasteiger partial charge in [-0.25, -0.2) is 18.2 Å². The van der Waals surface area contributed by atoms with Gasteiger partial charge < -0.3 is 10.4 Å². The number of piperidine rings is 2. The lowest BCUT2D eigenvalue weighted by atomic mass is 9.87. The first-order valence-corrected chi connectivity index (χ1v) is 10.7. The summed E-state index contributed by atoms with van der Waals surface area (Å²) in [5.74, 6) is -0.802. The van der Waals surface area contributed by atoms with Crippen molar-refractivity contribution >= 4 is 15.9 Å². The molecule has 8 nitrogen and oxygen atoms in total. The van der Waals surface area contributed by atoms with Crippen molar-refractivity contribution < 1.29 is 23.5 Å². The molecule has 2 aliphatic rings. The van der Waals surface area contributed by atoms with Gasteiger partial charge in [-0.05, 0) is 49.8 Å². The predicted molar refractivity (Wildman–Crippen MR) is 99.8 cm³/mol. The molecule has 0 aliphatic carbocycles. The van der Waals surface area contributed by atoms with E-state index in [0.29, 0.717) is 38.4 Å². The quantitative estimate of drug-likeness (QED) is 0.423. The molecule has 2 unspecified atom stereocenters. The van der Waals surface area contributed by atoms with Gasteiger partial charge in [-0.2, -0.15) is 0 Å². The van der Waals surface area contributed by atoms with E-state index in [0.717, 1.165) is 0 Å². The number of sulfonamides is 1. The minimum absolute atomic E-state index is 0.101. The molecule has 2 heterocycles. The lowest BCUT2D eigenvalue weighted by Crippen LogP contribution is -2.67. The van der Waals surface area contributed by atoms with E-state index in [9.17, 15) is 18.3 Å². The summed E-state index contributed by atoms with van der Waals surface area (Å²) in [6.07, 6.45) is 1.49. The number of benzene rings is 1. The lowest BCUT2D eigenvalue weighted by molar-refractivity contribution is -0.150. The second-order valence-corrected chi connectivity index (χ2v) is 9.51. The number of rotatable bonds is 4. The topological polar surface area (TPSA) is 119 Å². The van der Waals surface area contributed by atoms with Crippen LogP contribution < -0.4 is 10.8 Å². The number of amides is 1. The average molecular weight is 397 g/mol. The summed E-state index contributed by atoms with van der Waals surface area (Å²) in [6, 6.07) is 8.12. The van der Waals surface area contributed by atoms with Crippen molar-refractivity contribution in [3.8, 4) is 0 Å². The second kappa shape index (κ2) is 7.84. The van der Waals surface area contributed by atoms with Gasteiger partial charge in [-0.1, -0.05) is 24.3 Å². The first kappa shape index (κ1) is 20.2. The molecule has 4 N–H and O–H groups in total. The van der Waals surface area contributed by atoms with Crippen molar-refractivity contribution in [3.63, 3.8) is 0 Å². The summed E-state index contributed by atoms with van der Waals surface area (Å²) in [4.78, 5) is 12.0. The molecule has 2 saturated heterocycles. The standard InChI is InChI=1S/C18H27N3O5S/c1-13-4-2-3-5-15(13)14-7-10-21(11-8-14)27(25,26)16-6-9-19-12-18(16,23)17(22)20-24/h2-5,14,16,19,23-24H,6-12H2,1H3,(H,20,22). The number of carbonyl (C=O) groups excluding carboxylic acids is 1. The van der Waals surface area contributed by atoms with E-state index in [-0.39, 0.29) is 13.0 Å². The highest BCUT2D eigenvalue weighted by Gasteiger charge is 2.53. The maximum absolute atomic E-state index is 13.2. The molecule has 0 saturated carbocycles. The van der Waals surface area contributed by atoms with Gasteiger partial charge in [0, 0.05) is 19.6 Å². The van der Waals surface area contributed by atoms with Gasteiger partial charge >= 0.3 is 0 Å². The molecule has 2 fully saturated rings. The second-order valence-electron chi connectivity index (χ2n) is 7.39. The molecule has 1 aromatic carbocycles. The largest absolute Gasteiger partial charge is 0.377 e. The van der Waals surface area contributed by atoms with Crippen molar-refractivity contribution in [2.75, 3.05) is 26.2 Å². The maximum atomic E-state index is 13.2. The van der Waals surface area contributed by atoms with Gasteiger partial charge in [0.25, 0.3) is 5.91 Å². The fourth-order valence-corrected chi connectivity index (χ4v) is 6.41. The van der Waals surface area contributed by atoms with E-state index in [1.165, 1.54) is 20.9 Å². The summed E-state index contributed by atoms with van der Waals surface area (Å²) in [5.41, 5.74) is 1.65. The Bertz CT molecular complexity index is 792. The van der Waals surface area contributed by atoms with Gasteiger partial charge in [-0.3, -0.25) is 10.0 Å². The molecule has 0 aromatic heterocycles. The van der Waals surface area contributed by atoms with Crippen LogP contribution in [0.15, 0.2) is 24.3 Å². The van der Waals surface area contributed by atoms with E-state index in [4.69, 9.17) is 5.21 Å². The van der Waals surface area contributed by atoms with Crippen LogP contribution in [0.5, 0.6) is 0 Å². The lowest BCUT2D eigenvalue weighted by Gasteiger charge is -2.41. The molecule has 150 valence electrons. The fraction of sp³-hybridized carbons (Fsp3) is 0.611. The number of hydroxylamine groups is 1. The number of carbonyl (C=O) groups is 1. The third-order valence-corrected chi connectivity index (χ3v) is 8.24. The third kappa shape index (κ3) is 3.74. The number of hydrogen-bond acceptors (Lipinski definition) is 6. The predicted octanol–water partition coefficient (Wildman–Crippen LogP) is 0.103. The highest BCUT2D eigenvalue weighted by Crippen LogP contribution is 2.34. The maximum Gasteiger partial charge on any atom is 0.278 e. The van der Waals surface area contributed by atoms with E-state index in [2.05, 4.69) is 24.4 Å². The molecule has 2 aliphatic heterocycles. The normalized spacial score (nSPS) is 28.0. The Morgan fingerprint density at radius 2 is 1.93 bits per heavy atom. The van der Waals surface area contributed by atoms with Gasteiger partial charge in [0.2, 0.25) is 10.0 Å². The summed E-state index contributed by atoms with van der Waals surface area (Å²) >= 11 is 0. The van der Waals surface area contributed by atoms with E-state index >= 15 is 0 Å². The Morgan fingerprint density at radius 3 is 2.56 bits per heavy atom. The Hall–Kier alpha value is -1.52. The number of nitrogens with one attached hydrogen (secondary N) is 2. The van der Waals surface area contributed by atoms with Crippen LogP contribution >= 0.6 is 0 Å². The first-order chi connectivity index (χ1) is 12.8. The number of aliphatic hydroxyl groups is 1. The Morgan fingerprint density at radius 1 is 1.26 bits per heavy atom. The number of β-amino-alcohol motifs (C(OH)–C–C–N with tert-alkyl or cyclic N) is 1. The third-order valence-electron chi connectivity index (χ3n) is 5.81. The van der Waals surface area contributed by atoms with Gasteiger partial charge in [-0.15, -0.1) is 0 Å². The van der Waals surface area contributed by atoms with Crippen LogP contribution in [0.1, 0.15) is 36.3 Å². The van der Waals surface area contributed by atoms with Crippen LogP contribution in [0.25, 0.3) is 0 Å². The number of nitrogens with zero attached hydrogens (tertiary/aromatic N) is 1. The molecular formula is C18H27N3O5S. The number of hydrogen-bond donors (Lipinski definition) is 4. The van der Waals surface area contributed by atoms with Crippen LogP contribution in [0.2, 0.25) is 0 Å². The smallest absolute Gasteiger partial charge is 0.278 e. The van der Waals surface area contributed by atoms with Crippen LogP contribution in [0.4, 0.5) is 0 Å². The zero-order valence-corrected chi connectivity index (χ0v) is 16.2. The van der Waals surface area contributed by atoms with Crippen molar-refractivity contribution in [3.05, 3.63) is 35.4 Å². The highest BCUT2D eigenvalue weighted by molar-refractivity contribution is 7.89. The molecule has 3 rings (SSSR count). The van der Waals surface area contributed by atoms with Gasteiger partial charge in [0.05, 0.1) is 0 Å². The number of aryl methyl sites for hydroxylation is 1. The van der Waals surface area contributed by atoms with Crippen LogP contribution in [-0.4, -0.2) is 66.0 Å². The van der Waals surface area contributed by atoms with Crippen LogP contribution in [-0.2, 0) is 14.8 Å². The summed E-state index contributed by atoms with van der Waals surface area (Å²) in [5, 5.41) is 21.2. The van der Waals surface area contributed by atoms with E-state index in [1.54, 1.807) is 0 Å². The molecule has 9 heteroatoms. The summed E-state index contributed by atoms with van der Waals surface area (Å²) in [6.45, 7) is 2.92.